The zero-order valence-electron chi connectivity index (χ0n) is 14.5. The van der Waals surface area contributed by atoms with E-state index in [2.05, 4.69) is 0 Å². The van der Waals surface area contributed by atoms with Crippen molar-refractivity contribution in [2.24, 2.45) is 35.5 Å². The van der Waals surface area contributed by atoms with Gasteiger partial charge < -0.3 is 0 Å². The summed E-state index contributed by atoms with van der Waals surface area (Å²) in [5.41, 5.74) is 0. The largest absolute Gasteiger partial charge is 0.0769 e. The molecule has 0 aliphatic heterocycles. The first-order valence-corrected chi connectivity index (χ1v) is 10.5. The summed E-state index contributed by atoms with van der Waals surface area (Å²) in [5, 5.41) is 0. The summed E-state index contributed by atoms with van der Waals surface area (Å²) < 4.78 is 0. The maximum absolute atomic E-state index is 6.61. The first kappa shape index (κ1) is 15.6. The van der Waals surface area contributed by atoms with Gasteiger partial charge >= 0.3 is 0 Å². The Morgan fingerprint density at radius 3 is 1.23 bits per heavy atom. The van der Waals surface area contributed by atoms with Gasteiger partial charge in [-0.3, -0.25) is 0 Å². The molecule has 0 nitrogen and oxygen atoms in total. The van der Waals surface area contributed by atoms with Crippen molar-refractivity contribution in [2.75, 3.05) is 0 Å². The van der Waals surface area contributed by atoms with Crippen LogP contribution in [-0.2, 0) is 0 Å². The van der Waals surface area contributed by atoms with Crippen molar-refractivity contribution < 1.29 is 0 Å². The molecule has 0 aromatic heterocycles. The number of hydrogen-bond donors (Lipinski definition) is 0. The van der Waals surface area contributed by atoms with Gasteiger partial charge in [0.2, 0.25) is 0 Å². The van der Waals surface area contributed by atoms with E-state index < -0.39 is 0 Å². The van der Waals surface area contributed by atoms with E-state index >= 15 is 0 Å². The molecule has 0 aromatic carbocycles. The average molecular weight is 298 g/mol. The third kappa shape index (κ3) is 3.44. The fourth-order valence-electron chi connectivity index (χ4n) is 7.05. The Bertz CT molecular complexity index is 303. The van der Waals surface area contributed by atoms with E-state index in [1.807, 2.05) is 0 Å². The quantitative estimate of drug-likeness (QED) is 0.545. The summed E-state index contributed by atoms with van der Waals surface area (Å²) in [5.74, 6) is 6.80. The molecule has 4 aliphatic carbocycles. The Morgan fingerprint density at radius 1 is 0.591 bits per heavy atom. The predicted molar refractivity (Wildman–Crippen MR) is 95.1 cm³/mol. The van der Waals surface area contributed by atoms with Gasteiger partial charge in [0.1, 0.15) is 0 Å². The van der Waals surface area contributed by atoms with Gasteiger partial charge in [0, 0.05) is 0 Å². The van der Waals surface area contributed by atoms with E-state index in [-0.39, 0.29) is 0 Å². The summed E-state index contributed by atoms with van der Waals surface area (Å²) in [6.07, 6.45) is 20.9. The normalized spacial score (nSPS) is 46.2. The molecule has 122 valence electrons. The molecule has 0 aromatic rings. The minimum absolute atomic E-state index is 0.510. The standard InChI is InChI=1S/C21H35B/c22-21(13-15-9-17-5-1-2-6-18(17)10-15)14-16-11-19-7-3-4-8-20(19)12-16/h15-21H,1-14H2. The van der Waals surface area contributed by atoms with Crippen molar-refractivity contribution >= 4 is 7.85 Å². The van der Waals surface area contributed by atoms with E-state index in [4.69, 9.17) is 7.85 Å². The first-order valence-electron chi connectivity index (χ1n) is 10.5. The monoisotopic (exact) mass is 298 g/mol. The molecule has 0 spiro atoms. The first-order chi connectivity index (χ1) is 10.8. The Hall–Kier alpha value is 0.0649. The minimum atomic E-state index is 0.510. The third-order valence-corrected chi connectivity index (χ3v) is 7.95. The van der Waals surface area contributed by atoms with E-state index in [0.29, 0.717) is 5.82 Å². The van der Waals surface area contributed by atoms with Crippen molar-refractivity contribution in [2.45, 2.75) is 95.7 Å². The molecule has 0 saturated heterocycles. The molecular formula is C21H35B. The highest BCUT2D eigenvalue weighted by atomic mass is 14.4. The molecule has 0 N–H and O–H groups in total. The maximum atomic E-state index is 6.61. The summed E-state index contributed by atoms with van der Waals surface area (Å²) >= 11 is 0. The Kier molecular flexibility index (Phi) is 4.89. The molecule has 4 unspecified atom stereocenters. The molecular weight excluding hydrogens is 263 g/mol. The lowest BCUT2D eigenvalue weighted by atomic mass is 9.73. The van der Waals surface area contributed by atoms with Crippen molar-refractivity contribution in [1.82, 2.24) is 0 Å². The van der Waals surface area contributed by atoms with Gasteiger partial charge in [0.05, 0.1) is 7.85 Å². The van der Waals surface area contributed by atoms with Gasteiger partial charge in [0.15, 0.2) is 0 Å². The zero-order valence-corrected chi connectivity index (χ0v) is 14.5. The van der Waals surface area contributed by atoms with Crippen LogP contribution in [0.3, 0.4) is 0 Å². The summed E-state index contributed by atoms with van der Waals surface area (Å²) in [6.45, 7) is 0. The topological polar surface area (TPSA) is 0 Å². The van der Waals surface area contributed by atoms with Gasteiger partial charge in [-0.15, -0.1) is 0 Å². The van der Waals surface area contributed by atoms with Crippen LogP contribution in [0.1, 0.15) is 89.9 Å². The van der Waals surface area contributed by atoms with Crippen molar-refractivity contribution in [3.05, 3.63) is 0 Å². The average Bonchev–Trinajstić information content (AvgIpc) is 3.08. The molecule has 4 atom stereocenters. The lowest BCUT2D eigenvalue weighted by Gasteiger charge is -2.24. The van der Waals surface area contributed by atoms with Crippen LogP contribution in [0.2, 0.25) is 5.82 Å². The second kappa shape index (κ2) is 6.90. The Morgan fingerprint density at radius 2 is 0.909 bits per heavy atom. The van der Waals surface area contributed by atoms with Gasteiger partial charge in [-0.2, -0.15) is 0 Å². The highest BCUT2D eigenvalue weighted by molar-refractivity contribution is 6.11. The molecule has 0 amide bonds. The van der Waals surface area contributed by atoms with E-state index in [1.54, 1.807) is 0 Å². The molecule has 2 radical (unpaired) electrons. The zero-order chi connectivity index (χ0) is 14.9. The number of rotatable bonds is 4. The lowest BCUT2D eigenvalue weighted by Crippen LogP contribution is -2.12. The van der Waals surface area contributed by atoms with Crippen LogP contribution in [0.15, 0.2) is 0 Å². The molecule has 4 fully saturated rings. The third-order valence-electron chi connectivity index (χ3n) is 7.95. The molecule has 0 bridgehead atoms. The maximum Gasteiger partial charge on any atom is 0.0699 e. The van der Waals surface area contributed by atoms with Crippen LogP contribution < -0.4 is 0 Å². The predicted octanol–water partition coefficient (Wildman–Crippen LogP) is 6.16. The summed E-state index contributed by atoms with van der Waals surface area (Å²) in [6, 6.07) is 0. The van der Waals surface area contributed by atoms with Gasteiger partial charge in [0.25, 0.3) is 0 Å². The molecule has 1 heteroatoms. The Balaban J connectivity index is 1.22. The number of hydrogen-bond acceptors (Lipinski definition) is 0. The Labute approximate surface area is 139 Å². The summed E-state index contributed by atoms with van der Waals surface area (Å²) in [4.78, 5) is 0. The summed E-state index contributed by atoms with van der Waals surface area (Å²) in [7, 11) is 6.61. The van der Waals surface area contributed by atoms with Gasteiger partial charge in [-0.1, -0.05) is 70.0 Å². The fourth-order valence-corrected chi connectivity index (χ4v) is 7.05. The van der Waals surface area contributed by atoms with E-state index in [1.165, 1.54) is 89.9 Å². The SMILES string of the molecule is [B]C(CC1CC2CCCCC2C1)CC1CC2CCCCC2C1. The fraction of sp³-hybridized carbons (Fsp3) is 1.00. The van der Waals surface area contributed by atoms with Crippen molar-refractivity contribution in [1.29, 1.82) is 0 Å². The van der Waals surface area contributed by atoms with Crippen LogP contribution in [0, 0.1) is 35.5 Å². The molecule has 0 heterocycles. The highest BCUT2D eigenvalue weighted by Crippen LogP contribution is 2.50. The lowest BCUT2D eigenvalue weighted by molar-refractivity contribution is 0.277. The van der Waals surface area contributed by atoms with Crippen LogP contribution >= 0.6 is 0 Å². The number of fused-ring (bicyclic) bond motifs is 2. The second-order valence-electron chi connectivity index (χ2n) is 9.52. The molecule has 4 aliphatic rings. The molecule has 4 rings (SSSR count). The molecule has 22 heavy (non-hydrogen) atoms. The van der Waals surface area contributed by atoms with Crippen LogP contribution in [0.25, 0.3) is 0 Å². The van der Waals surface area contributed by atoms with Crippen LogP contribution in [-0.4, -0.2) is 7.85 Å². The molecule has 4 saturated carbocycles. The van der Waals surface area contributed by atoms with Gasteiger partial charge in [-0.05, 0) is 61.2 Å². The minimum Gasteiger partial charge on any atom is -0.0769 e. The van der Waals surface area contributed by atoms with Crippen molar-refractivity contribution in [3.8, 4) is 0 Å². The smallest absolute Gasteiger partial charge is 0.0699 e. The van der Waals surface area contributed by atoms with Gasteiger partial charge in [-0.25, -0.2) is 0 Å². The van der Waals surface area contributed by atoms with E-state index in [9.17, 15) is 0 Å². The van der Waals surface area contributed by atoms with E-state index in [0.717, 1.165) is 35.5 Å². The van der Waals surface area contributed by atoms with Crippen LogP contribution in [0.5, 0.6) is 0 Å². The second-order valence-corrected chi connectivity index (χ2v) is 9.52. The van der Waals surface area contributed by atoms with Crippen molar-refractivity contribution in [3.63, 3.8) is 0 Å². The highest BCUT2D eigenvalue weighted by Gasteiger charge is 2.38. The van der Waals surface area contributed by atoms with Crippen LogP contribution in [0.4, 0.5) is 0 Å².